The van der Waals surface area contributed by atoms with Crippen LogP contribution in [-0.4, -0.2) is 32.3 Å². The van der Waals surface area contributed by atoms with Gasteiger partial charge in [0.15, 0.2) is 0 Å². The quantitative estimate of drug-likeness (QED) is 0.675. The molecule has 88 valence electrons. The summed E-state index contributed by atoms with van der Waals surface area (Å²) in [7, 11) is 1.76. The molecule has 0 saturated heterocycles. The summed E-state index contributed by atoms with van der Waals surface area (Å²) in [5, 5.41) is 3.62. The molecule has 0 aromatic rings. The first-order valence-electron chi connectivity index (χ1n) is 6.25. The molecule has 1 spiro atoms. The lowest BCUT2D eigenvalue weighted by molar-refractivity contribution is 0.190. The predicted octanol–water partition coefficient (Wildman–Crippen LogP) is 1.27. The highest BCUT2D eigenvalue weighted by molar-refractivity contribution is 5.08. The second-order valence-electron chi connectivity index (χ2n) is 5.25. The van der Waals surface area contributed by atoms with Crippen LogP contribution in [0.3, 0.4) is 0 Å². The van der Waals surface area contributed by atoms with E-state index in [2.05, 4.69) is 5.32 Å². The summed E-state index contributed by atoms with van der Waals surface area (Å²) in [4.78, 5) is 0. The van der Waals surface area contributed by atoms with Gasteiger partial charge in [-0.05, 0) is 50.5 Å². The Morgan fingerprint density at radius 3 is 2.60 bits per heavy atom. The molecule has 1 unspecified atom stereocenters. The maximum atomic E-state index is 5.98. The minimum absolute atomic E-state index is 0.520. The van der Waals surface area contributed by atoms with Gasteiger partial charge in [-0.2, -0.15) is 0 Å². The Hall–Kier alpha value is -0.120. The number of rotatable bonds is 5. The lowest BCUT2D eigenvalue weighted by atomic mass is 9.83. The van der Waals surface area contributed by atoms with Crippen LogP contribution in [0, 0.1) is 5.41 Å². The molecule has 0 aromatic carbocycles. The van der Waals surface area contributed by atoms with Crippen molar-refractivity contribution in [2.24, 2.45) is 11.1 Å². The highest BCUT2D eigenvalue weighted by Gasteiger charge is 2.52. The van der Waals surface area contributed by atoms with Gasteiger partial charge in [-0.1, -0.05) is 0 Å². The average Bonchev–Trinajstić information content (AvgIpc) is 2.87. The summed E-state index contributed by atoms with van der Waals surface area (Å²) in [5.41, 5.74) is 6.55. The number of hydrogen-bond acceptors (Lipinski definition) is 3. The Balaban J connectivity index is 1.58. The van der Waals surface area contributed by atoms with Crippen molar-refractivity contribution >= 4 is 0 Å². The van der Waals surface area contributed by atoms with E-state index in [1.807, 2.05) is 0 Å². The van der Waals surface area contributed by atoms with Crippen LogP contribution in [0.2, 0.25) is 0 Å². The van der Waals surface area contributed by atoms with Gasteiger partial charge in [-0.25, -0.2) is 0 Å². The number of nitrogens with one attached hydrogen (secondary N) is 1. The van der Waals surface area contributed by atoms with Gasteiger partial charge in [-0.15, -0.1) is 0 Å². The highest BCUT2D eigenvalue weighted by atomic mass is 16.5. The molecule has 0 bridgehead atoms. The van der Waals surface area contributed by atoms with Crippen molar-refractivity contribution in [3.8, 4) is 0 Å². The van der Waals surface area contributed by atoms with E-state index in [0.29, 0.717) is 11.5 Å². The largest absolute Gasteiger partial charge is 0.385 e. The molecule has 0 amide bonds. The molecule has 2 rings (SSSR count). The molecular weight excluding hydrogens is 188 g/mol. The minimum atomic E-state index is 0.520. The Morgan fingerprint density at radius 2 is 2.07 bits per heavy atom. The van der Waals surface area contributed by atoms with Crippen LogP contribution in [-0.2, 0) is 4.74 Å². The highest BCUT2D eigenvalue weighted by Crippen LogP contribution is 2.54. The van der Waals surface area contributed by atoms with Gasteiger partial charge in [0.1, 0.15) is 0 Å². The van der Waals surface area contributed by atoms with Gasteiger partial charge in [0.2, 0.25) is 0 Å². The second kappa shape index (κ2) is 4.81. The van der Waals surface area contributed by atoms with Gasteiger partial charge in [0, 0.05) is 25.8 Å². The van der Waals surface area contributed by atoms with Crippen molar-refractivity contribution in [3.63, 3.8) is 0 Å². The summed E-state index contributed by atoms with van der Waals surface area (Å²) >= 11 is 0. The summed E-state index contributed by atoms with van der Waals surface area (Å²) in [5.74, 6) is 0. The van der Waals surface area contributed by atoms with Crippen molar-refractivity contribution < 1.29 is 4.74 Å². The van der Waals surface area contributed by atoms with Gasteiger partial charge >= 0.3 is 0 Å². The fourth-order valence-electron chi connectivity index (χ4n) is 2.87. The number of methoxy groups -OCH3 is 1. The standard InChI is InChI=1S/C12H24N2O/c1-15-8-2-7-14-10-3-5-12(6-4-10)9-11(12)13/h10-11,14H,2-9,13H2,1H3. The van der Waals surface area contributed by atoms with Gasteiger partial charge in [0.25, 0.3) is 0 Å². The molecule has 2 aliphatic carbocycles. The molecule has 2 fully saturated rings. The number of nitrogens with two attached hydrogens (primary N) is 1. The van der Waals surface area contributed by atoms with Crippen LogP contribution in [0.25, 0.3) is 0 Å². The first kappa shape index (κ1) is 11.4. The fraction of sp³-hybridized carbons (Fsp3) is 1.00. The third-order valence-corrected chi connectivity index (χ3v) is 4.19. The van der Waals surface area contributed by atoms with Crippen molar-refractivity contribution in [3.05, 3.63) is 0 Å². The maximum absolute atomic E-state index is 5.98. The van der Waals surface area contributed by atoms with Gasteiger partial charge in [0.05, 0.1) is 0 Å². The van der Waals surface area contributed by atoms with E-state index in [9.17, 15) is 0 Å². The molecule has 2 saturated carbocycles. The molecule has 0 heterocycles. The zero-order valence-corrected chi connectivity index (χ0v) is 9.80. The first-order valence-corrected chi connectivity index (χ1v) is 6.25. The Bertz CT molecular complexity index is 200. The van der Waals surface area contributed by atoms with Crippen molar-refractivity contribution in [1.82, 2.24) is 5.32 Å². The zero-order valence-electron chi connectivity index (χ0n) is 9.80. The molecule has 0 aromatic heterocycles. The van der Waals surface area contributed by atoms with Crippen LogP contribution in [0.5, 0.6) is 0 Å². The monoisotopic (exact) mass is 212 g/mol. The van der Waals surface area contributed by atoms with Crippen LogP contribution in [0.15, 0.2) is 0 Å². The van der Waals surface area contributed by atoms with E-state index in [1.54, 1.807) is 7.11 Å². The first-order chi connectivity index (χ1) is 7.27. The molecule has 0 radical (unpaired) electrons. The van der Waals surface area contributed by atoms with E-state index in [0.717, 1.165) is 25.6 Å². The van der Waals surface area contributed by atoms with Crippen molar-refractivity contribution in [2.75, 3.05) is 20.3 Å². The van der Waals surface area contributed by atoms with Crippen molar-refractivity contribution in [1.29, 1.82) is 0 Å². The number of ether oxygens (including phenoxy) is 1. The summed E-state index contributed by atoms with van der Waals surface area (Å²) < 4.78 is 5.03. The Labute approximate surface area is 92.7 Å². The number of hydrogen-bond donors (Lipinski definition) is 2. The third kappa shape index (κ3) is 2.71. The summed E-state index contributed by atoms with van der Waals surface area (Å²) in [6.45, 7) is 1.96. The van der Waals surface area contributed by atoms with E-state index < -0.39 is 0 Å². The van der Waals surface area contributed by atoms with Gasteiger partial charge in [-0.3, -0.25) is 0 Å². The smallest absolute Gasteiger partial charge is 0.0474 e. The maximum Gasteiger partial charge on any atom is 0.0474 e. The molecular formula is C12H24N2O. The Kier molecular flexibility index (Phi) is 3.65. The minimum Gasteiger partial charge on any atom is -0.385 e. The van der Waals surface area contributed by atoms with Gasteiger partial charge < -0.3 is 15.8 Å². The van der Waals surface area contributed by atoms with E-state index in [4.69, 9.17) is 10.5 Å². The summed E-state index contributed by atoms with van der Waals surface area (Å²) in [6.07, 6.45) is 7.73. The van der Waals surface area contributed by atoms with E-state index >= 15 is 0 Å². The molecule has 0 aliphatic heterocycles. The third-order valence-electron chi connectivity index (χ3n) is 4.19. The molecule has 3 N–H and O–H groups in total. The average molecular weight is 212 g/mol. The van der Waals surface area contributed by atoms with E-state index in [-0.39, 0.29) is 0 Å². The predicted molar refractivity (Wildman–Crippen MR) is 61.8 cm³/mol. The topological polar surface area (TPSA) is 47.3 Å². The molecule has 3 nitrogen and oxygen atoms in total. The van der Waals surface area contributed by atoms with Crippen LogP contribution in [0.1, 0.15) is 38.5 Å². The SMILES string of the molecule is COCCCNC1CCC2(CC1)CC2N. The Morgan fingerprint density at radius 1 is 1.40 bits per heavy atom. The van der Waals surface area contributed by atoms with Crippen molar-refractivity contribution in [2.45, 2.75) is 50.6 Å². The van der Waals surface area contributed by atoms with Crippen LogP contribution >= 0.6 is 0 Å². The van der Waals surface area contributed by atoms with E-state index in [1.165, 1.54) is 32.1 Å². The lowest BCUT2D eigenvalue weighted by Crippen LogP contribution is -2.35. The van der Waals surface area contributed by atoms with Crippen LogP contribution in [0.4, 0.5) is 0 Å². The fourth-order valence-corrected chi connectivity index (χ4v) is 2.87. The normalized spacial score (nSPS) is 39.6. The lowest BCUT2D eigenvalue weighted by Gasteiger charge is -2.29. The molecule has 1 atom stereocenters. The molecule has 3 heteroatoms. The summed E-state index contributed by atoms with van der Waals surface area (Å²) in [6, 6.07) is 1.26. The zero-order chi connectivity index (χ0) is 10.7. The molecule has 2 aliphatic rings. The van der Waals surface area contributed by atoms with Crippen LogP contribution < -0.4 is 11.1 Å². The second-order valence-corrected chi connectivity index (χ2v) is 5.25. The molecule has 15 heavy (non-hydrogen) atoms.